The van der Waals surface area contributed by atoms with E-state index >= 15 is 0 Å². The van der Waals surface area contributed by atoms with E-state index in [1.165, 1.54) is 20.0 Å². The molecule has 0 radical (unpaired) electrons. The van der Waals surface area contributed by atoms with E-state index in [2.05, 4.69) is 20.0 Å². The number of nitrogens with zero attached hydrogens (tertiary/aromatic N) is 2. The second kappa shape index (κ2) is 6.04. The third-order valence-electron chi connectivity index (χ3n) is 2.70. The van der Waals surface area contributed by atoms with Gasteiger partial charge >= 0.3 is 5.97 Å². The van der Waals surface area contributed by atoms with Gasteiger partial charge < -0.3 is 10.1 Å². The molecule has 0 aromatic carbocycles. The number of carbonyl (C=O) groups excluding carboxylic acids is 1. The standard InChI is InChI=1S/C12H17N3O2S/c1-13-9-7-10(18-6-5-11(16)17-2)15-12(14-9)8-3-4-8/h7-8H,3-6H2,1-2H3,(H,13,14,15). The number of ether oxygens (including phenoxy) is 1. The summed E-state index contributed by atoms with van der Waals surface area (Å²) in [5.74, 6) is 2.78. The number of anilines is 1. The van der Waals surface area contributed by atoms with Gasteiger partial charge in [0.15, 0.2) is 0 Å². The molecule has 0 amide bonds. The molecule has 1 heterocycles. The summed E-state index contributed by atoms with van der Waals surface area (Å²) in [6, 6.07) is 1.91. The first-order valence-electron chi connectivity index (χ1n) is 5.99. The van der Waals surface area contributed by atoms with Gasteiger partial charge in [0.25, 0.3) is 0 Å². The van der Waals surface area contributed by atoms with Gasteiger partial charge in [-0.25, -0.2) is 9.97 Å². The van der Waals surface area contributed by atoms with Crippen molar-refractivity contribution >= 4 is 23.5 Å². The van der Waals surface area contributed by atoms with Crippen molar-refractivity contribution in [1.82, 2.24) is 9.97 Å². The van der Waals surface area contributed by atoms with Crippen molar-refractivity contribution in [2.24, 2.45) is 0 Å². The maximum atomic E-state index is 11.0. The van der Waals surface area contributed by atoms with Gasteiger partial charge in [0.2, 0.25) is 0 Å². The average Bonchev–Trinajstić information content (AvgIpc) is 3.22. The lowest BCUT2D eigenvalue weighted by Gasteiger charge is -2.06. The summed E-state index contributed by atoms with van der Waals surface area (Å²) in [4.78, 5) is 20.0. The van der Waals surface area contributed by atoms with Crippen molar-refractivity contribution < 1.29 is 9.53 Å². The third kappa shape index (κ3) is 3.60. The van der Waals surface area contributed by atoms with Crippen LogP contribution in [0, 0.1) is 0 Å². The van der Waals surface area contributed by atoms with Crippen molar-refractivity contribution in [2.45, 2.75) is 30.2 Å². The number of hydrogen-bond acceptors (Lipinski definition) is 6. The summed E-state index contributed by atoms with van der Waals surface area (Å²) < 4.78 is 4.61. The van der Waals surface area contributed by atoms with Crippen LogP contribution in [0.4, 0.5) is 5.82 Å². The molecular weight excluding hydrogens is 250 g/mol. The molecule has 0 saturated heterocycles. The summed E-state index contributed by atoms with van der Waals surface area (Å²) >= 11 is 1.56. The number of hydrogen-bond donors (Lipinski definition) is 1. The summed E-state index contributed by atoms with van der Waals surface area (Å²) in [5.41, 5.74) is 0. The van der Waals surface area contributed by atoms with E-state index in [1.54, 1.807) is 11.8 Å². The Hall–Kier alpha value is -1.30. The Kier molecular flexibility index (Phi) is 4.41. The number of thioether (sulfide) groups is 1. The SMILES string of the molecule is CNc1cc(SCCC(=O)OC)nc(C2CC2)n1. The zero-order valence-corrected chi connectivity index (χ0v) is 11.4. The van der Waals surface area contributed by atoms with Crippen LogP contribution in [0.15, 0.2) is 11.1 Å². The predicted molar refractivity (Wildman–Crippen MR) is 70.9 cm³/mol. The van der Waals surface area contributed by atoms with Gasteiger partial charge in [-0.3, -0.25) is 4.79 Å². The smallest absolute Gasteiger partial charge is 0.306 e. The van der Waals surface area contributed by atoms with Gasteiger partial charge in [0.1, 0.15) is 16.7 Å². The minimum Gasteiger partial charge on any atom is -0.469 e. The van der Waals surface area contributed by atoms with Crippen molar-refractivity contribution in [3.05, 3.63) is 11.9 Å². The number of carbonyl (C=O) groups is 1. The monoisotopic (exact) mass is 267 g/mol. The van der Waals surface area contributed by atoms with Gasteiger partial charge in [-0.15, -0.1) is 11.8 Å². The molecular formula is C12H17N3O2S. The second-order valence-electron chi connectivity index (χ2n) is 4.15. The molecule has 6 heteroatoms. The lowest BCUT2D eigenvalue weighted by Crippen LogP contribution is -2.03. The quantitative estimate of drug-likeness (QED) is 0.483. The fourth-order valence-electron chi connectivity index (χ4n) is 1.51. The van der Waals surface area contributed by atoms with E-state index in [0.29, 0.717) is 18.1 Å². The summed E-state index contributed by atoms with van der Waals surface area (Å²) in [6.07, 6.45) is 2.76. The first-order valence-corrected chi connectivity index (χ1v) is 6.98. The molecule has 0 spiro atoms. The van der Waals surface area contributed by atoms with Crippen LogP contribution in [-0.4, -0.2) is 35.8 Å². The molecule has 1 saturated carbocycles. The number of aromatic nitrogens is 2. The van der Waals surface area contributed by atoms with Crippen LogP contribution in [0.3, 0.4) is 0 Å². The Balaban J connectivity index is 1.98. The Labute approximate surface area is 111 Å². The minimum absolute atomic E-state index is 0.187. The van der Waals surface area contributed by atoms with Crippen LogP contribution in [-0.2, 0) is 9.53 Å². The topological polar surface area (TPSA) is 64.1 Å². The maximum Gasteiger partial charge on any atom is 0.306 e. The Morgan fingerprint density at radius 1 is 1.56 bits per heavy atom. The van der Waals surface area contributed by atoms with E-state index in [4.69, 9.17) is 0 Å². The molecule has 0 bridgehead atoms. The fourth-order valence-corrected chi connectivity index (χ4v) is 2.34. The van der Waals surface area contributed by atoms with E-state index in [-0.39, 0.29) is 5.97 Å². The molecule has 0 atom stereocenters. The van der Waals surface area contributed by atoms with Gasteiger partial charge in [-0.2, -0.15) is 0 Å². The Bertz CT molecular complexity index is 435. The van der Waals surface area contributed by atoms with Crippen LogP contribution in [0.2, 0.25) is 0 Å². The molecule has 98 valence electrons. The molecule has 18 heavy (non-hydrogen) atoms. The van der Waals surface area contributed by atoms with Crippen molar-refractivity contribution in [3.8, 4) is 0 Å². The zero-order valence-electron chi connectivity index (χ0n) is 10.6. The highest BCUT2D eigenvalue weighted by atomic mass is 32.2. The van der Waals surface area contributed by atoms with Gasteiger partial charge in [0.05, 0.1) is 13.5 Å². The van der Waals surface area contributed by atoms with Crippen molar-refractivity contribution in [2.75, 3.05) is 25.2 Å². The lowest BCUT2D eigenvalue weighted by molar-refractivity contribution is -0.140. The molecule has 0 unspecified atom stereocenters. The maximum absolute atomic E-state index is 11.0. The number of methoxy groups -OCH3 is 1. The average molecular weight is 267 g/mol. The zero-order chi connectivity index (χ0) is 13.0. The van der Waals surface area contributed by atoms with Gasteiger partial charge in [0, 0.05) is 24.8 Å². The van der Waals surface area contributed by atoms with Crippen molar-refractivity contribution in [3.63, 3.8) is 0 Å². The van der Waals surface area contributed by atoms with Crippen LogP contribution < -0.4 is 5.32 Å². The molecule has 0 aliphatic heterocycles. The predicted octanol–water partition coefficient (Wildman–Crippen LogP) is 2.05. The largest absolute Gasteiger partial charge is 0.469 e. The summed E-state index contributed by atoms with van der Waals surface area (Å²) in [7, 11) is 3.25. The number of esters is 1. The minimum atomic E-state index is -0.187. The highest BCUT2D eigenvalue weighted by Crippen LogP contribution is 2.39. The molecule has 1 aliphatic carbocycles. The lowest BCUT2D eigenvalue weighted by atomic mass is 10.4. The first-order chi connectivity index (χ1) is 8.72. The number of nitrogens with one attached hydrogen (secondary N) is 1. The normalized spacial score (nSPS) is 14.3. The highest BCUT2D eigenvalue weighted by molar-refractivity contribution is 7.99. The molecule has 2 rings (SSSR count). The van der Waals surface area contributed by atoms with E-state index in [0.717, 1.165) is 16.7 Å². The molecule has 1 aromatic rings. The van der Waals surface area contributed by atoms with Crippen LogP contribution in [0.1, 0.15) is 31.0 Å². The van der Waals surface area contributed by atoms with Crippen LogP contribution in [0.25, 0.3) is 0 Å². The van der Waals surface area contributed by atoms with Crippen molar-refractivity contribution in [1.29, 1.82) is 0 Å². The third-order valence-corrected chi connectivity index (χ3v) is 3.62. The summed E-state index contributed by atoms with van der Waals surface area (Å²) in [5, 5.41) is 3.96. The van der Waals surface area contributed by atoms with E-state index < -0.39 is 0 Å². The second-order valence-corrected chi connectivity index (χ2v) is 5.26. The van der Waals surface area contributed by atoms with E-state index in [1.807, 2.05) is 13.1 Å². The Morgan fingerprint density at radius 2 is 2.33 bits per heavy atom. The molecule has 5 nitrogen and oxygen atoms in total. The van der Waals surface area contributed by atoms with E-state index in [9.17, 15) is 4.79 Å². The molecule has 1 aromatic heterocycles. The van der Waals surface area contributed by atoms with Gasteiger partial charge in [-0.05, 0) is 12.8 Å². The molecule has 1 N–H and O–H groups in total. The van der Waals surface area contributed by atoms with Crippen LogP contribution >= 0.6 is 11.8 Å². The first kappa shape index (κ1) is 13.1. The molecule has 1 aliphatic rings. The number of rotatable bonds is 6. The molecule has 1 fully saturated rings. The van der Waals surface area contributed by atoms with Gasteiger partial charge in [-0.1, -0.05) is 0 Å². The highest BCUT2D eigenvalue weighted by Gasteiger charge is 2.27. The Morgan fingerprint density at radius 3 is 2.94 bits per heavy atom. The summed E-state index contributed by atoms with van der Waals surface area (Å²) in [6.45, 7) is 0. The van der Waals surface area contributed by atoms with Crippen LogP contribution in [0.5, 0.6) is 0 Å². The fraction of sp³-hybridized carbons (Fsp3) is 0.583.